The first-order valence-corrected chi connectivity index (χ1v) is 7.49. The summed E-state index contributed by atoms with van der Waals surface area (Å²) in [4.78, 5) is 1.31. The van der Waals surface area contributed by atoms with Gasteiger partial charge in [0, 0.05) is 24.0 Å². The quantitative estimate of drug-likeness (QED) is 0.866. The Balaban J connectivity index is 1.95. The van der Waals surface area contributed by atoms with E-state index in [2.05, 4.69) is 33.4 Å². The highest BCUT2D eigenvalue weighted by Crippen LogP contribution is 2.23. The van der Waals surface area contributed by atoms with Crippen molar-refractivity contribution >= 4 is 27.3 Å². The van der Waals surface area contributed by atoms with Crippen LogP contribution in [0.1, 0.15) is 10.4 Å². The SMILES string of the molecule is COc1cc(CNCc2ccc(Br)s2)cc(OC)c1. The lowest BCUT2D eigenvalue weighted by Gasteiger charge is -2.09. The monoisotopic (exact) mass is 341 g/mol. The van der Waals surface area contributed by atoms with Crippen molar-refractivity contribution in [3.63, 3.8) is 0 Å². The summed E-state index contributed by atoms with van der Waals surface area (Å²) in [5, 5.41) is 3.41. The van der Waals surface area contributed by atoms with Gasteiger partial charge in [0.1, 0.15) is 11.5 Å². The molecule has 0 spiro atoms. The molecule has 0 aliphatic carbocycles. The van der Waals surface area contributed by atoms with Crippen molar-refractivity contribution in [2.75, 3.05) is 14.2 Å². The van der Waals surface area contributed by atoms with Gasteiger partial charge in [0.05, 0.1) is 18.0 Å². The van der Waals surface area contributed by atoms with E-state index in [1.54, 1.807) is 25.6 Å². The first-order chi connectivity index (χ1) is 9.21. The summed E-state index contributed by atoms with van der Waals surface area (Å²) in [7, 11) is 3.32. The number of benzene rings is 1. The minimum Gasteiger partial charge on any atom is -0.497 e. The molecular formula is C14H16BrNO2S. The summed E-state index contributed by atoms with van der Waals surface area (Å²) in [6.07, 6.45) is 0. The molecule has 0 aliphatic rings. The second-order valence-electron chi connectivity index (χ2n) is 4.03. The molecule has 5 heteroatoms. The average Bonchev–Trinajstić information content (AvgIpc) is 2.84. The molecule has 2 rings (SSSR count). The van der Waals surface area contributed by atoms with Crippen molar-refractivity contribution in [3.8, 4) is 11.5 Å². The summed E-state index contributed by atoms with van der Waals surface area (Å²) < 4.78 is 11.7. The summed E-state index contributed by atoms with van der Waals surface area (Å²) >= 11 is 5.21. The zero-order valence-corrected chi connectivity index (χ0v) is 13.3. The van der Waals surface area contributed by atoms with Crippen molar-refractivity contribution in [1.29, 1.82) is 0 Å². The maximum absolute atomic E-state index is 5.25. The Morgan fingerprint density at radius 1 is 1.05 bits per heavy atom. The van der Waals surface area contributed by atoms with E-state index in [0.29, 0.717) is 0 Å². The molecule has 0 radical (unpaired) electrons. The standard InChI is InChI=1S/C14H16BrNO2S/c1-17-11-5-10(6-12(7-11)18-2)8-16-9-13-3-4-14(15)19-13/h3-7,16H,8-9H2,1-2H3. The van der Waals surface area contributed by atoms with Crippen LogP contribution in [-0.2, 0) is 13.1 Å². The number of methoxy groups -OCH3 is 2. The predicted octanol–water partition coefficient (Wildman–Crippen LogP) is 3.82. The zero-order valence-electron chi connectivity index (χ0n) is 10.9. The molecular weight excluding hydrogens is 326 g/mol. The average molecular weight is 342 g/mol. The van der Waals surface area contributed by atoms with Crippen LogP contribution in [-0.4, -0.2) is 14.2 Å². The molecule has 0 amide bonds. The van der Waals surface area contributed by atoms with Crippen LogP contribution in [0.15, 0.2) is 34.1 Å². The highest BCUT2D eigenvalue weighted by molar-refractivity contribution is 9.11. The van der Waals surface area contributed by atoms with Crippen LogP contribution in [0.3, 0.4) is 0 Å². The third-order valence-corrected chi connectivity index (χ3v) is 4.29. The van der Waals surface area contributed by atoms with Crippen LogP contribution in [0.4, 0.5) is 0 Å². The first-order valence-electron chi connectivity index (χ1n) is 5.88. The normalized spacial score (nSPS) is 10.5. The molecule has 0 saturated heterocycles. The topological polar surface area (TPSA) is 30.5 Å². The molecule has 0 bridgehead atoms. The minimum absolute atomic E-state index is 0.781. The Morgan fingerprint density at radius 3 is 2.26 bits per heavy atom. The number of thiophene rings is 1. The molecule has 1 aromatic carbocycles. The Kier molecular flexibility index (Phi) is 5.24. The molecule has 0 atom stereocenters. The third-order valence-electron chi connectivity index (χ3n) is 2.67. The van der Waals surface area contributed by atoms with Crippen LogP contribution < -0.4 is 14.8 Å². The second-order valence-corrected chi connectivity index (χ2v) is 6.58. The number of rotatable bonds is 6. The van der Waals surface area contributed by atoms with Crippen molar-refractivity contribution in [3.05, 3.63) is 44.6 Å². The van der Waals surface area contributed by atoms with Crippen LogP contribution in [0, 0.1) is 0 Å². The van der Waals surface area contributed by atoms with E-state index < -0.39 is 0 Å². The van der Waals surface area contributed by atoms with Crippen molar-refractivity contribution in [1.82, 2.24) is 5.32 Å². The van der Waals surface area contributed by atoms with E-state index in [1.165, 1.54) is 4.88 Å². The first kappa shape index (κ1) is 14.4. The fraction of sp³-hybridized carbons (Fsp3) is 0.286. The summed E-state index contributed by atoms with van der Waals surface area (Å²) in [6, 6.07) is 10.1. The van der Waals surface area contributed by atoms with Gasteiger partial charge in [-0.2, -0.15) is 0 Å². The number of halogens is 1. The number of hydrogen-bond acceptors (Lipinski definition) is 4. The van der Waals surface area contributed by atoms with Crippen LogP contribution in [0.25, 0.3) is 0 Å². The lowest BCUT2D eigenvalue weighted by molar-refractivity contribution is 0.393. The van der Waals surface area contributed by atoms with Gasteiger partial charge in [0.25, 0.3) is 0 Å². The fourth-order valence-corrected chi connectivity index (χ4v) is 3.20. The van der Waals surface area contributed by atoms with Crippen LogP contribution in [0.5, 0.6) is 11.5 Å². The molecule has 1 heterocycles. The van der Waals surface area contributed by atoms with Crippen molar-refractivity contribution < 1.29 is 9.47 Å². The summed E-state index contributed by atoms with van der Waals surface area (Å²) in [5.74, 6) is 1.63. The van der Waals surface area contributed by atoms with Gasteiger partial charge in [-0.05, 0) is 45.8 Å². The lowest BCUT2D eigenvalue weighted by Crippen LogP contribution is -2.11. The fourth-order valence-electron chi connectivity index (χ4n) is 1.75. The van der Waals surface area contributed by atoms with E-state index >= 15 is 0 Å². The van der Waals surface area contributed by atoms with Crippen LogP contribution >= 0.6 is 27.3 Å². The van der Waals surface area contributed by atoms with E-state index in [-0.39, 0.29) is 0 Å². The predicted molar refractivity (Wildman–Crippen MR) is 82.1 cm³/mol. The second kappa shape index (κ2) is 6.93. The Morgan fingerprint density at radius 2 is 1.74 bits per heavy atom. The van der Waals surface area contributed by atoms with E-state index in [4.69, 9.17) is 9.47 Å². The Hall–Kier alpha value is -1.04. The third kappa shape index (κ3) is 4.23. The summed E-state index contributed by atoms with van der Waals surface area (Å²) in [5.41, 5.74) is 1.15. The highest BCUT2D eigenvalue weighted by Gasteiger charge is 2.02. The number of hydrogen-bond donors (Lipinski definition) is 1. The maximum atomic E-state index is 5.25. The molecule has 3 nitrogen and oxygen atoms in total. The molecule has 0 unspecified atom stereocenters. The molecule has 1 N–H and O–H groups in total. The molecule has 102 valence electrons. The number of nitrogens with one attached hydrogen (secondary N) is 1. The molecule has 1 aromatic heterocycles. The molecule has 0 fully saturated rings. The summed E-state index contributed by atoms with van der Waals surface area (Å²) in [6.45, 7) is 1.64. The van der Waals surface area contributed by atoms with Crippen molar-refractivity contribution in [2.45, 2.75) is 13.1 Å². The number of ether oxygens (including phenoxy) is 2. The maximum Gasteiger partial charge on any atom is 0.122 e. The Labute approximate surface area is 125 Å². The van der Waals surface area contributed by atoms with Gasteiger partial charge in [-0.3, -0.25) is 0 Å². The largest absolute Gasteiger partial charge is 0.497 e. The zero-order chi connectivity index (χ0) is 13.7. The van der Waals surface area contributed by atoms with Crippen LogP contribution in [0.2, 0.25) is 0 Å². The molecule has 2 aromatic rings. The highest BCUT2D eigenvalue weighted by atomic mass is 79.9. The molecule has 19 heavy (non-hydrogen) atoms. The van der Waals surface area contributed by atoms with Gasteiger partial charge in [0.15, 0.2) is 0 Å². The lowest BCUT2D eigenvalue weighted by atomic mass is 10.2. The minimum atomic E-state index is 0.781. The Bertz CT molecular complexity index is 520. The van der Waals surface area contributed by atoms with E-state index in [9.17, 15) is 0 Å². The molecule has 0 saturated carbocycles. The van der Waals surface area contributed by atoms with Gasteiger partial charge in [-0.15, -0.1) is 11.3 Å². The van der Waals surface area contributed by atoms with E-state index in [0.717, 1.165) is 33.9 Å². The smallest absolute Gasteiger partial charge is 0.122 e. The van der Waals surface area contributed by atoms with Crippen molar-refractivity contribution in [2.24, 2.45) is 0 Å². The van der Waals surface area contributed by atoms with Gasteiger partial charge >= 0.3 is 0 Å². The van der Waals surface area contributed by atoms with Gasteiger partial charge in [0.2, 0.25) is 0 Å². The van der Waals surface area contributed by atoms with Gasteiger partial charge < -0.3 is 14.8 Å². The van der Waals surface area contributed by atoms with Gasteiger partial charge in [-0.1, -0.05) is 0 Å². The molecule has 0 aliphatic heterocycles. The van der Waals surface area contributed by atoms with Gasteiger partial charge in [-0.25, -0.2) is 0 Å². The van der Waals surface area contributed by atoms with E-state index in [1.807, 2.05) is 18.2 Å².